The van der Waals surface area contributed by atoms with Gasteiger partial charge in [-0.25, -0.2) is 0 Å². The SMILES string of the molecule is CN1CCCCC1COc1cccnc1CN. The van der Waals surface area contributed by atoms with Gasteiger partial charge in [0.05, 0.1) is 5.69 Å². The number of hydrogen-bond acceptors (Lipinski definition) is 4. The lowest BCUT2D eigenvalue weighted by Gasteiger charge is -2.32. The van der Waals surface area contributed by atoms with E-state index in [-0.39, 0.29) is 0 Å². The van der Waals surface area contributed by atoms with Crippen LogP contribution in [0.4, 0.5) is 0 Å². The fraction of sp³-hybridized carbons (Fsp3) is 0.615. The lowest BCUT2D eigenvalue weighted by atomic mass is 10.0. The highest BCUT2D eigenvalue weighted by Gasteiger charge is 2.19. The topological polar surface area (TPSA) is 51.4 Å². The Morgan fingerprint density at radius 1 is 1.53 bits per heavy atom. The van der Waals surface area contributed by atoms with Gasteiger partial charge < -0.3 is 15.4 Å². The number of likely N-dealkylation sites (N-methyl/N-ethyl adjacent to an activating group) is 1. The van der Waals surface area contributed by atoms with Crippen molar-refractivity contribution in [2.24, 2.45) is 5.73 Å². The molecule has 0 aromatic carbocycles. The molecule has 94 valence electrons. The maximum absolute atomic E-state index is 5.85. The number of hydrogen-bond donors (Lipinski definition) is 1. The molecule has 1 aromatic heterocycles. The van der Waals surface area contributed by atoms with E-state index >= 15 is 0 Å². The van der Waals surface area contributed by atoms with Crippen molar-refractivity contribution in [2.45, 2.75) is 31.8 Å². The Kier molecular flexibility index (Phi) is 4.34. The van der Waals surface area contributed by atoms with Gasteiger partial charge in [0.1, 0.15) is 12.4 Å². The van der Waals surface area contributed by atoms with Crippen LogP contribution in [-0.2, 0) is 6.54 Å². The summed E-state index contributed by atoms with van der Waals surface area (Å²) in [7, 11) is 2.17. The number of rotatable bonds is 4. The van der Waals surface area contributed by atoms with E-state index in [9.17, 15) is 0 Å². The van der Waals surface area contributed by atoms with Gasteiger partial charge >= 0.3 is 0 Å². The molecule has 4 nitrogen and oxygen atoms in total. The Morgan fingerprint density at radius 2 is 2.41 bits per heavy atom. The minimum atomic E-state index is 0.427. The molecule has 1 aliphatic rings. The molecule has 1 atom stereocenters. The van der Waals surface area contributed by atoms with E-state index in [0.29, 0.717) is 12.6 Å². The molecule has 0 radical (unpaired) electrons. The van der Waals surface area contributed by atoms with Gasteiger partial charge in [0.2, 0.25) is 0 Å². The summed E-state index contributed by atoms with van der Waals surface area (Å²) < 4.78 is 5.85. The lowest BCUT2D eigenvalue weighted by molar-refractivity contribution is 0.124. The molecule has 1 fully saturated rings. The van der Waals surface area contributed by atoms with Gasteiger partial charge in [-0.15, -0.1) is 0 Å². The normalized spacial score (nSPS) is 21.4. The molecule has 1 aliphatic heterocycles. The van der Waals surface area contributed by atoms with Crippen molar-refractivity contribution in [2.75, 3.05) is 20.2 Å². The highest BCUT2D eigenvalue weighted by atomic mass is 16.5. The van der Waals surface area contributed by atoms with Gasteiger partial charge in [0, 0.05) is 18.8 Å². The van der Waals surface area contributed by atoms with Gasteiger partial charge in [-0.1, -0.05) is 6.42 Å². The van der Waals surface area contributed by atoms with Gasteiger partial charge in [0.15, 0.2) is 0 Å². The van der Waals surface area contributed by atoms with Gasteiger partial charge in [-0.2, -0.15) is 0 Å². The number of piperidine rings is 1. The largest absolute Gasteiger partial charge is 0.490 e. The molecular formula is C13H21N3O. The van der Waals surface area contributed by atoms with Crippen LogP contribution in [0, 0.1) is 0 Å². The van der Waals surface area contributed by atoms with E-state index in [4.69, 9.17) is 10.5 Å². The molecule has 2 rings (SSSR count). The number of nitrogens with zero attached hydrogens (tertiary/aromatic N) is 2. The molecule has 1 unspecified atom stereocenters. The minimum absolute atomic E-state index is 0.427. The van der Waals surface area contributed by atoms with Crippen molar-refractivity contribution in [3.8, 4) is 5.75 Å². The summed E-state index contributed by atoms with van der Waals surface area (Å²) in [6.07, 6.45) is 5.57. The third kappa shape index (κ3) is 3.17. The second-order valence-electron chi connectivity index (χ2n) is 4.59. The van der Waals surface area contributed by atoms with Crippen LogP contribution in [0.15, 0.2) is 18.3 Å². The Bertz CT molecular complexity index is 356. The van der Waals surface area contributed by atoms with E-state index in [0.717, 1.165) is 18.1 Å². The van der Waals surface area contributed by atoms with Crippen LogP contribution in [0.3, 0.4) is 0 Å². The summed E-state index contributed by atoms with van der Waals surface area (Å²) in [5.41, 5.74) is 6.47. The monoisotopic (exact) mass is 235 g/mol. The Balaban J connectivity index is 1.92. The van der Waals surface area contributed by atoms with Crippen molar-refractivity contribution < 1.29 is 4.74 Å². The molecular weight excluding hydrogens is 214 g/mol. The molecule has 0 amide bonds. The molecule has 17 heavy (non-hydrogen) atoms. The van der Waals surface area contributed by atoms with Crippen LogP contribution < -0.4 is 10.5 Å². The maximum atomic E-state index is 5.85. The van der Waals surface area contributed by atoms with Crippen LogP contribution >= 0.6 is 0 Å². The fourth-order valence-electron chi connectivity index (χ4n) is 2.25. The summed E-state index contributed by atoms with van der Waals surface area (Å²) in [6, 6.07) is 4.35. The first-order valence-electron chi connectivity index (χ1n) is 6.28. The minimum Gasteiger partial charge on any atom is -0.490 e. The number of likely N-dealkylation sites (tertiary alicyclic amines) is 1. The molecule has 2 heterocycles. The molecule has 1 aromatic rings. The van der Waals surface area contributed by atoms with E-state index in [1.165, 1.54) is 25.8 Å². The first kappa shape index (κ1) is 12.3. The number of aromatic nitrogens is 1. The summed E-state index contributed by atoms with van der Waals surface area (Å²) in [5.74, 6) is 0.828. The number of ether oxygens (including phenoxy) is 1. The van der Waals surface area contributed by atoms with Crippen molar-refractivity contribution in [3.05, 3.63) is 24.0 Å². The predicted octanol–water partition coefficient (Wildman–Crippen LogP) is 1.40. The molecule has 0 aliphatic carbocycles. The number of nitrogens with two attached hydrogens (primary N) is 1. The zero-order valence-electron chi connectivity index (χ0n) is 10.4. The Hall–Kier alpha value is -1.13. The summed E-state index contributed by atoms with van der Waals surface area (Å²) in [6.45, 7) is 2.33. The highest BCUT2D eigenvalue weighted by molar-refractivity contribution is 5.26. The van der Waals surface area contributed by atoms with Crippen LogP contribution in [0.1, 0.15) is 25.0 Å². The third-order valence-corrected chi connectivity index (χ3v) is 3.39. The third-order valence-electron chi connectivity index (χ3n) is 3.39. The van der Waals surface area contributed by atoms with Crippen LogP contribution in [-0.4, -0.2) is 36.1 Å². The molecule has 0 spiro atoms. The van der Waals surface area contributed by atoms with Crippen LogP contribution in [0.2, 0.25) is 0 Å². The summed E-state index contributed by atoms with van der Waals surface area (Å²) in [4.78, 5) is 6.59. The number of pyridine rings is 1. The van der Waals surface area contributed by atoms with Crippen LogP contribution in [0.5, 0.6) is 5.75 Å². The lowest BCUT2D eigenvalue weighted by Crippen LogP contribution is -2.40. The summed E-state index contributed by atoms with van der Waals surface area (Å²) in [5, 5.41) is 0. The zero-order valence-corrected chi connectivity index (χ0v) is 10.4. The second kappa shape index (κ2) is 5.98. The molecule has 0 saturated carbocycles. The fourth-order valence-corrected chi connectivity index (χ4v) is 2.25. The smallest absolute Gasteiger partial charge is 0.142 e. The first-order valence-corrected chi connectivity index (χ1v) is 6.28. The quantitative estimate of drug-likeness (QED) is 0.857. The average Bonchev–Trinajstić information content (AvgIpc) is 2.38. The molecule has 1 saturated heterocycles. The maximum Gasteiger partial charge on any atom is 0.142 e. The van der Waals surface area contributed by atoms with E-state index in [1.807, 2.05) is 12.1 Å². The first-order chi connectivity index (χ1) is 8.31. The standard InChI is InChI=1S/C13H21N3O/c1-16-8-3-2-5-11(16)10-17-13-6-4-7-15-12(13)9-14/h4,6-7,11H,2-3,5,8-10,14H2,1H3. The van der Waals surface area contributed by atoms with Gasteiger partial charge in [-0.05, 0) is 38.6 Å². The van der Waals surface area contributed by atoms with Gasteiger partial charge in [-0.3, -0.25) is 4.98 Å². The summed E-state index contributed by atoms with van der Waals surface area (Å²) >= 11 is 0. The van der Waals surface area contributed by atoms with E-state index in [1.54, 1.807) is 6.20 Å². The van der Waals surface area contributed by atoms with Crippen LogP contribution in [0.25, 0.3) is 0 Å². The van der Waals surface area contributed by atoms with Crippen molar-refractivity contribution >= 4 is 0 Å². The van der Waals surface area contributed by atoms with E-state index < -0.39 is 0 Å². The Morgan fingerprint density at radius 3 is 3.18 bits per heavy atom. The van der Waals surface area contributed by atoms with Crippen molar-refractivity contribution in [1.29, 1.82) is 0 Å². The average molecular weight is 235 g/mol. The molecule has 2 N–H and O–H groups in total. The molecule has 0 bridgehead atoms. The van der Waals surface area contributed by atoms with Crippen molar-refractivity contribution in [3.63, 3.8) is 0 Å². The van der Waals surface area contributed by atoms with Gasteiger partial charge in [0.25, 0.3) is 0 Å². The van der Waals surface area contributed by atoms with Crippen molar-refractivity contribution in [1.82, 2.24) is 9.88 Å². The zero-order chi connectivity index (χ0) is 12.1. The molecule has 4 heteroatoms. The second-order valence-corrected chi connectivity index (χ2v) is 4.59. The Labute approximate surface area is 103 Å². The highest BCUT2D eigenvalue weighted by Crippen LogP contribution is 2.19. The predicted molar refractivity (Wildman–Crippen MR) is 67.9 cm³/mol. The van der Waals surface area contributed by atoms with E-state index in [2.05, 4.69) is 16.9 Å².